The third-order valence-electron chi connectivity index (χ3n) is 6.43. The minimum atomic E-state index is 0.556. The van der Waals surface area contributed by atoms with Gasteiger partial charge in [0.2, 0.25) is 0 Å². The average Bonchev–Trinajstić information content (AvgIpc) is 2.86. The topological polar surface area (TPSA) is 48.7 Å². The predicted octanol–water partition coefficient (Wildman–Crippen LogP) is 8.51. The monoisotopic (exact) mass is 475 g/mol. The van der Waals surface area contributed by atoms with Crippen molar-refractivity contribution in [1.82, 2.24) is 4.98 Å². The van der Waals surface area contributed by atoms with Gasteiger partial charge in [0.05, 0.1) is 5.69 Å². The zero-order valence-corrected chi connectivity index (χ0v) is 20.7. The second-order valence-electron chi connectivity index (χ2n) is 9.08. The van der Waals surface area contributed by atoms with Crippen LogP contribution in [0.4, 0.5) is 11.5 Å². The number of anilines is 2. The number of pyridine rings is 1. The zero-order chi connectivity index (χ0) is 24.4. The van der Waals surface area contributed by atoms with Crippen LogP contribution >= 0.6 is 11.6 Å². The maximum absolute atomic E-state index is 10.3. The summed E-state index contributed by atoms with van der Waals surface area (Å²) in [5, 5.41) is 14.3. The smallest absolute Gasteiger partial charge is 0.149 e. The Kier molecular flexibility index (Phi) is 6.40. The second kappa shape index (κ2) is 9.78. The van der Waals surface area contributed by atoms with Crippen LogP contribution in [0.5, 0.6) is 0 Å². The van der Waals surface area contributed by atoms with Crippen LogP contribution in [-0.2, 0) is 6.42 Å². The summed E-state index contributed by atoms with van der Waals surface area (Å²) in [6.07, 6.45) is 5.10. The van der Waals surface area contributed by atoms with Gasteiger partial charge in [-0.2, -0.15) is 5.26 Å². The van der Waals surface area contributed by atoms with E-state index >= 15 is 0 Å². The fraction of sp³-hybridized carbons (Fsp3) is 0.161. The highest BCUT2D eigenvalue weighted by atomic mass is 35.5. The lowest BCUT2D eigenvalue weighted by Crippen LogP contribution is -2.11. The first kappa shape index (κ1) is 22.9. The number of nitrogens with zero attached hydrogens (tertiary/aromatic N) is 2. The van der Waals surface area contributed by atoms with Gasteiger partial charge in [0, 0.05) is 16.3 Å². The van der Waals surface area contributed by atoms with E-state index < -0.39 is 0 Å². The molecule has 1 heterocycles. The van der Waals surface area contributed by atoms with Gasteiger partial charge >= 0.3 is 0 Å². The Labute approximate surface area is 211 Å². The molecule has 4 aromatic rings. The summed E-state index contributed by atoms with van der Waals surface area (Å²) in [5.41, 5.74) is 10.3. The summed E-state index contributed by atoms with van der Waals surface area (Å²) >= 11 is 6.23. The van der Waals surface area contributed by atoms with E-state index in [1.54, 1.807) is 0 Å². The standard InChI is InChI=1S/C31H26ClN3/c1-20-9-13-22(14-10-20)17-24-5-3-8-27-29(23-15-11-21(2)12-16-23)28(19-33)31(35-30(24)27)34-26-7-4-6-25(32)18-26/h4,6-7,9-18H,3,5,8H2,1-2H3,(H,34,35)/b24-17+. The maximum Gasteiger partial charge on any atom is 0.149 e. The molecule has 0 bridgehead atoms. The summed E-state index contributed by atoms with van der Waals surface area (Å²) in [7, 11) is 0. The van der Waals surface area contributed by atoms with Crippen LogP contribution in [0, 0.1) is 25.2 Å². The molecular weight excluding hydrogens is 450 g/mol. The van der Waals surface area contributed by atoms with Crippen LogP contribution in [0.2, 0.25) is 5.02 Å². The van der Waals surface area contributed by atoms with Crippen LogP contribution in [0.3, 0.4) is 0 Å². The molecule has 1 aliphatic rings. The summed E-state index contributed by atoms with van der Waals surface area (Å²) in [6.45, 7) is 4.17. The second-order valence-corrected chi connectivity index (χ2v) is 9.52. The molecule has 0 radical (unpaired) electrons. The van der Waals surface area contributed by atoms with Crippen LogP contribution in [0.15, 0.2) is 72.8 Å². The third-order valence-corrected chi connectivity index (χ3v) is 6.67. The number of fused-ring (bicyclic) bond motifs is 1. The third kappa shape index (κ3) is 4.85. The van der Waals surface area contributed by atoms with Crippen molar-refractivity contribution in [3.63, 3.8) is 0 Å². The number of allylic oxidation sites excluding steroid dienone is 1. The minimum Gasteiger partial charge on any atom is -0.339 e. The van der Waals surface area contributed by atoms with E-state index in [9.17, 15) is 5.26 Å². The highest BCUT2D eigenvalue weighted by Gasteiger charge is 2.25. The normalized spacial score (nSPS) is 13.8. The zero-order valence-electron chi connectivity index (χ0n) is 19.9. The molecule has 172 valence electrons. The van der Waals surface area contributed by atoms with E-state index in [-0.39, 0.29) is 0 Å². The number of benzene rings is 3. The van der Waals surface area contributed by atoms with E-state index in [1.165, 1.54) is 16.7 Å². The SMILES string of the molecule is Cc1ccc(/C=C2\CCCc3c2nc(Nc2cccc(Cl)c2)c(C#N)c3-c2ccc(C)cc2)cc1. The summed E-state index contributed by atoms with van der Waals surface area (Å²) in [4.78, 5) is 5.06. The van der Waals surface area contributed by atoms with E-state index in [2.05, 4.69) is 79.8 Å². The molecule has 0 atom stereocenters. The van der Waals surface area contributed by atoms with Crippen LogP contribution < -0.4 is 5.32 Å². The van der Waals surface area contributed by atoms with E-state index in [0.717, 1.165) is 52.9 Å². The van der Waals surface area contributed by atoms with Crippen LogP contribution in [0.1, 0.15) is 46.4 Å². The highest BCUT2D eigenvalue weighted by molar-refractivity contribution is 6.30. The number of aryl methyl sites for hydroxylation is 2. The lowest BCUT2D eigenvalue weighted by atomic mass is 9.83. The number of hydrogen-bond acceptors (Lipinski definition) is 3. The van der Waals surface area contributed by atoms with Crippen LogP contribution in [0.25, 0.3) is 22.8 Å². The van der Waals surface area contributed by atoms with E-state index in [4.69, 9.17) is 16.6 Å². The Bertz CT molecular complexity index is 1460. The van der Waals surface area contributed by atoms with Crippen molar-refractivity contribution >= 4 is 34.8 Å². The molecule has 0 fully saturated rings. The molecule has 0 spiro atoms. The van der Waals surface area contributed by atoms with Gasteiger partial charge in [0.1, 0.15) is 17.5 Å². The lowest BCUT2D eigenvalue weighted by Gasteiger charge is -2.25. The number of halogens is 1. The number of aromatic nitrogens is 1. The molecule has 5 rings (SSSR count). The molecule has 3 nitrogen and oxygen atoms in total. The van der Waals surface area contributed by atoms with Gasteiger partial charge in [0.15, 0.2) is 0 Å². The fourth-order valence-electron chi connectivity index (χ4n) is 4.65. The first-order valence-electron chi connectivity index (χ1n) is 11.9. The Morgan fingerprint density at radius 2 is 1.66 bits per heavy atom. The quantitative estimate of drug-likeness (QED) is 0.321. The Hall–Kier alpha value is -3.87. The Morgan fingerprint density at radius 1 is 0.943 bits per heavy atom. The van der Waals surface area contributed by atoms with E-state index in [0.29, 0.717) is 16.4 Å². The molecule has 4 heteroatoms. The first-order chi connectivity index (χ1) is 17.0. The molecule has 0 amide bonds. The lowest BCUT2D eigenvalue weighted by molar-refractivity contribution is 0.813. The Balaban J connectivity index is 1.73. The summed E-state index contributed by atoms with van der Waals surface area (Å²) in [6, 6.07) is 26.9. The average molecular weight is 476 g/mol. The summed E-state index contributed by atoms with van der Waals surface area (Å²) < 4.78 is 0. The van der Waals surface area contributed by atoms with Crippen molar-refractivity contribution < 1.29 is 0 Å². The van der Waals surface area contributed by atoms with Crippen molar-refractivity contribution in [2.75, 3.05) is 5.32 Å². The fourth-order valence-corrected chi connectivity index (χ4v) is 4.84. The van der Waals surface area contributed by atoms with Crippen LogP contribution in [-0.4, -0.2) is 4.98 Å². The highest BCUT2D eigenvalue weighted by Crippen LogP contribution is 2.41. The number of rotatable bonds is 4. The van der Waals surface area contributed by atoms with Gasteiger partial charge in [0.25, 0.3) is 0 Å². The van der Waals surface area contributed by atoms with Crippen molar-refractivity contribution in [2.24, 2.45) is 0 Å². The van der Waals surface area contributed by atoms with Crippen molar-refractivity contribution in [3.8, 4) is 17.2 Å². The molecule has 1 N–H and O–H groups in total. The molecule has 0 aliphatic heterocycles. The van der Waals surface area contributed by atoms with Crippen molar-refractivity contribution in [3.05, 3.63) is 111 Å². The Morgan fingerprint density at radius 3 is 2.34 bits per heavy atom. The predicted molar refractivity (Wildman–Crippen MR) is 146 cm³/mol. The molecular formula is C31H26ClN3. The number of nitrogens with one attached hydrogen (secondary N) is 1. The van der Waals surface area contributed by atoms with Gasteiger partial charge in [-0.1, -0.05) is 77.3 Å². The molecule has 3 aromatic carbocycles. The molecule has 0 saturated heterocycles. The number of nitriles is 1. The molecule has 0 saturated carbocycles. The van der Waals surface area contributed by atoms with E-state index in [1.807, 2.05) is 24.3 Å². The van der Waals surface area contributed by atoms with Gasteiger partial charge in [-0.25, -0.2) is 4.98 Å². The van der Waals surface area contributed by atoms with Gasteiger partial charge < -0.3 is 5.32 Å². The maximum atomic E-state index is 10.3. The summed E-state index contributed by atoms with van der Waals surface area (Å²) in [5.74, 6) is 0.556. The van der Waals surface area contributed by atoms with Gasteiger partial charge in [-0.3, -0.25) is 0 Å². The van der Waals surface area contributed by atoms with Gasteiger partial charge in [-0.05, 0) is 79.6 Å². The minimum absolute atomic E-state index is 0.556. The van der Waals surface area contributed by atoms with Crippen molar-refractivity contribution in [2.45, 2.75) is 33.1 Å². The molecule has 1 aromatic heterocycles. The molecule has 1 aliphatic carbocycles. The molecule has 35 heavy (non-hydrogen) atoms. The molecule has 0 unspecified atom stereocenters. The number of hydrogen-bond donors (Lipinski definition) is 1. The van der Waals surface area contributed by atoms with Crippen molar-refractivity contribution in [1.29, 1.82) is 5.26 Å². The first-order valence-corrected chi connectivity index (χ1v) is 12.2. The largest absolute Gasteiger partial charge is 0.339 e. The van der Waals surface area contributed by atoms with Gasteiger partial charge in [-0.15, -0.1) is 0 Å².